The summed E-state index contributed by atoms with van der Waals surface area (Å²) in [5.41, 5.74) is 1.14. The van der Waals surface area contributed by atoms with Crippen molar-refractivity contribution in [3.05, 3.63) is 22.7 Å². The molecule has 1 fully saturated rings. The fourth-order valence-corrected chi connectivity index (χ4v) is 2.65. The molecule has 0 radical (unpaired) electrons. The number of halogens is 1. The van der Waals surface area contributed by atoms with Crippen molar-refractivity contribution in [3.8, 4) is 11.5 Å². The largest absolute Gasteiger partial charge is 0.495 e. The van der Waals surface area contributed by atoms with Gasteiger partial charge in [0.2, 0.25) is 0 Å². The van der Waals surface area contributed by atoms with Crippen LogP contribution in [0.4, 0.5) is 0 Å². The Morgan fingerprint density at radius 3 is 2.76 bits per heavy atom. The first-order valence-corrected chi connectivity index (χ1v) is 6.26. The van der Waals surface area contributed by atoms with Gasteiger partial charge >= 0.3 is 0 Å². The van der Waals surface area contributed by atoms with E-state index in [-0.39, 0.29) is 0 Å². The Labute approximate surface area is 107 Å². The van der Waals surface area contributed by atoms with Crippen molar-refractivity contribution in [2.45, 2.75) is 25.3 Å². The van der Waals surface area contributed by atoms with Gasteiger partial charge in [0.25, 0.3) is 0 Å². The number of benzene rings is 1. The fourth-order valence-electron chi connectivity index (χ4n) is 2.31. The third kappa shape index (κ3) is 2.67. The third-order valence-corrected chi connectivity index (χ3v) is 3.55. The van der Waals surface area contributed by atoms with Gasteiger partial charge in [-0.2, -0.15) is 0 Å². The summed E-state index contributed by atoms with van der Waals surface area (Å²) < 4.78 is 10.6. The summed E-state index contributed by atoms with van der Waals surface area (Å²) in [4.78, 5) is 0. The number of nitrogens with one attached hydrogen (secondary N) is 1. The van der Waals surface area contributed by atoms with Crippen molar-refractivity contribution >= 4 is 11.6 Å². The van der Waals surface area contributed by atoms with Crippen LogP contribution in [0.25, 0.3) is 0 Å². The van der Waals surface area contributed by atoms with E-state index in [1.54, 1.807) is 14.2 Å². The lowest BCUT2D eigenvalue weighted by molar-refractivity contribution is 0.389. The highest BCUT2D eigenvalue weighted by molar-refractivity contribution is 6.33. The van der Waals surface area contributed by atoms with Crippen LogP contribution in [0.1, 0.15) is 18.4 Å². The smallest absolute Gasteiger partial charge is 0.144 e. The van der Waals surface area contributed by atoms with Crippen molar-refractivity contribution in [1.29, 1.82) is 0 Å². The Bertz CT molecular complexity index is 389. The monoisotopic (exact) mass is 255 g/mol. The van der Waals surface area contributed by atoms with Gasteiger partial charge in [0.05, 0.1) is 14.2 Å². The zero-order chi connectivity index (χ0) is 12.3. The Morgan fingerprint density at radius 1 is 1.35 bits per heavy atom. The minimum absolute atomic E-state index is 0.536. The molecule has 0 aliphatic carbocycles. The van der Waals surface area contributed by atoms with Crippen LogP contribution >= 0.6 is 11.6 Å². The lowest BCUT2D eigenvalue weighted by atomic mass is 10.0. The number of hydrogen-bond acceptors (Lipinski definition) is 3. The zero-order valence-electron chi connectivity index (χ0n) is 10.3. The minimum Gasteiger partial charge on any atom is -0.495 e. The first-order chi connectivity index (χ1) is 8.26. The summed E-state index contributed by atoms with van der Waals surface area (Å²) in [5, 5.41) is 4.04. The molecule has 2 rings (SSSR count). The summed E-state index contributed by atoms with van der Waals surface area (Å²) in [6, 6.07) is 4.46. The molecule has 94 valence electrons. The molecule has 1 aromatic carbocycles. The quantitative estimate of drug-likeness (QED) is 0.897. The maximum Gasteiger partial charge on any atom is 0.144 e. The van der Waals surface area contributed by atoms with Gasteiger partial charge < -0.3 is 14.8 Å². The summed E-state index contributed by atoms with van der Waals surface area (Å²) in [6.45, 7) is 1.11. The summed E-state index contributed by atoms with van der Waals surface area (Å²) in [6.07, 6.45) is 3.41. The number of ether oxygens (including phenoxy) is 2. The zero-order valence-corrected chi connectivity index (χ0v) is 11.0. The van der Waals surface area contributed by atoms with Crippen LogP contribution in [-0.2, 0) is 6.42 Å². The van der Waals surface area contributed by atoms with Gasteiger partial charge in [0.15, 0.2) is 0 Å². The van der Waals surface area contributed by atoms with E-state index in [4.69, 9.17) is 21.1 Å². The normalized spacial score (nSPS) is 19.4. The first-order valence-electron chi connectivity index (χ1n) is 5.89. The Balaban J connectivity index is 2.23. The molecule has 0 amide bonds. The van der Waals surface area contributed by atoms with Gasteiger partial charge in [-0.15, -0.1) is 0 Å². The molecule has 0 saturated carbocycles. The van der Waals surface area contributed by atoms with E-state index in [2.05, 4.69) is 5.32 Å². The topological polar surface area (TPSA) is 30.5 Å². The van der Waals surface area contributed by atoms with E-state index >= 15 is 0 Å². The molecule has 1 heterocycles. The van der Waals surface area contributed by atoms with Gasteiger partial charge in [-0.25, -0.2) is 0 Å². The molecule has 4 heteroatoms. The highest BCUT2D eigenvalue weighted by atomic mass is 35.5. The molecular formula is C13H18ClNO2. The van der Waals surface area contributed by atoms with Crippen LogP contribution < -0.4 is 14.8 Å². The van der Waals surface area contributed by atoms with Gasteiger partial charge in [-0.05, 0) is 37.4 Å². The van der Waals surface area contributed by atoms with Crippen LogP contribution in [0, 0.1) is 0 Å². The van der Waals surface area contributed by atoms with E-state index in [1.165, 1.54) is 12.8 Å². The minimum atomic E-state index is 0.536. The molecule has 0 aromatic heterocycles. The summed E-state index contributed by atoms with van der Waals surface area (Å²) in [7, 11) is 3.26. The van der Waals surface area contributed by atoms with Crippen molar-refractivity contribution in [1.82, 2.24) is 5.32 Å². The molecule has 1 atom stereocenters. The number of methoxy groups -OCH3 is 2. The highest BCUT2D eigenvalue weighted by Crippen LogP contribution is 2.37. The van der Waals surface area contributed by atoms with Crippen molar-refractivity contribution in [2.24, 2.45) is 0 Å². The van der Waals surface area contributed by atoms with Crippen LogP contribution in [0.2, 0.25) is 5.02 Å². The van der Waals surface area contributed by atoms with Gasteiger partial charge in [-0.3, -0.25) is 0 Å². The second kappa shape index (κ2) is 5.61. The lowest BCUT2D eigenvalue weighted by Gasteiger charge is -2.16. The fraction of sp³-hybridized carbons (Fsp3) is 0.538. The van der Waals surface area contributed by atoms with Gasteiger partial charge in [0.1, 0.15) is 16.5 Å². The predicted octanol–water partition coefficient (Wildman–Crippen LogP) is 2.65. The number of rotatable bonds is 4. The molecule has 1 aliphatic rings. The van der Waals surface area contributed by atoms with Gasteiger partial charge in [-0.1, -0.05) is 17.7 Å². The SMILES string of the molecule is COc1ccc(CC2CCCN2)c(OC)c1Cl. The molecule has 3 nitrogen and oxygen atoms in total. The average molecular weight is 256 g/mol. The maximum atomic E-state index is 6.23. The van der Waals surface area contributed by atoms with Crippen LogP contribution in [0.5, 0.6) is 11.5 Å². The van der Waals surface area contributed by atoms with Gasteiger partial charge in [0, 0.05) is 6.04 Å². The average Bonchev–Trinajstić information content (AvgIpc) is 2.82. The van der Waals surface area contributed by atoms with Crippen molar-refractivity contribution in [2.75, 3.05) is 20.8 Å². The van der Waals surface area contributed by atoms with E-state index in [1.807, 2.05) is 12.1 Å². The summed E-state index contributed by atoms with van der Waals surface area (Å²) >= 11 is 6.23. The maximum absolute atomic E-state index is 6.23. The molecule has 17 heavy (non-hydrogen) atoms. The lowest BCUT2D eigenvalue weighted by Crippen LogP contribution is -2.23. The first kappa shape index (κ1) is 12.5. The van der Waals surface area contributed by atoms with E-state index in [0.29, 0.717) is 16.8 Å². The number of hydrogen-bond donors (Lipinski definition) is 1. The van der Waals surface area contributed by atoms with Crippen molar-refractivity contribution < 1.29 is 9.47 Å². The second-order valence-corrected chi connectivity index (χ2v) is 4.65. The summed E-state index contributed by atoms with van der Waals surface area (Å²) in [5.74, 6) is 1.39. The molecule has 0 bridgehead atoms. The molecular weight excluding hydrogens is 238 g/mol. The predicted molar refractivity (Wildman–Crippen MR) is 69.3 cm³/mol. The molecule has 1 saturated heterocycles. The van der Waals surface area contributed by atoms with Crippen molar-refractivity contribution in [3.63, 3.8) is 0 Å². The Hall–Kier alpha value is -0.930. The highest BCUT2D eigenvalue weighted by Gasteiger charge is 2.19. The van der Waals surface area contributed by atoms with Crippen LogP contribution in [0.15, 0.2) is 12.1 Å². The van der Waals surface area contributed by atoms with Crippen LogP contribution in [-0.4, -0.2) is 26.8 Å². The van der Waals surface area contributed by atoms with E-state index < -0.39 is 0 Å². The van der Waals surface area contributed by atoms with Crippen LogP contribution in [0.3, 0.4) is 0 Å². The molecule has 1 unspecified atom stereocenters. The molecule has 0 spiro atoms. The second-order valence-electron chi connectivity index (χ2n) is 4.27. The standard InChI is InChI=1S/C13H18ClNO2/c1-16-11-6-5-9(13(17-2)12(11)14)8-10-4-3-7-15-10/h5-6,10,15H,3-4,7-8H2,1-2H3. The molecule has 1 aliphatic heterocycles. The molecule has 1 N–H and O–H groups in total. The van der Waals surface area contributed by atoms with E-state index in [9.17, 15) is 0 Å². The Morgan fingerprint density at radius 2 is 2.18 bits per heavy atom. The molecule has 1 aromatic rings. The Kier molecular flexibility index (Phi) is 4.13. The van der Waals surface area contributed by atoms with E-state index in [0.717, 1.165) is 24.3 Å². The third-order valence-electron chi connectivity index (χ3n) is 3.20.